The van der Waals surface area contributed by atoms with Crippen LogP contribution < -0.4 is 10.1 Å². The second-order valence-electron chi connectivity index (χ2n) is 5.23. The van der Waals surface area contributed by atoms with Crippen molar-refractivity contribution in [2.45, 2.75) is 0 Å². The number of hydrogen-bond acceptors (Lipinski definition) is 5. The molecule has 1 aliphatic heterocycles. The van der Waals surface area contributed by atoms with Gasteiger partial charge < -0.3 is 14.8 Å². The fourth-order valence-corrected chi connectivity index (χ4v) is 2.62. The van der Waals surface area contributed by atoms with Crippen LogP contribution >= 0.6 is 0 Å². The SMILES string of the molecule is COC(=O)/C=C1/CN=C(c2ccccc2)c2c(cccc2OC)N1. The molecule has 0 amide bonds. The van der Waals surface area contributed by atoms with E-state index in [4.69, 9.17) is 14.5 Å². The molecule has 0 bridgehead atoms. The quantitative estimate of drug-likeness (QED) is 0.697. The fourth-order valence-electron chi connectivity index (χ4n) is 2.62. The number of esters is 1. The Morgan fingerprint density at radius 2 is 1.92 bits per heavy atom. The Hall–Kier alpha value is -3.08. The van der Waals surface area contributed by atoms with Crippen molar-refractivity contribution in [1.82, 2.24) is 0 Å². The smallest absolute Gasteiger partial charge is 0.332 e. The number of benzodiazepines with no additional fused rings is 1. The summed E-state index contributed by atoms with van der Waals surface area (Å²) in [6.45, 7) is 0.344. The fraction of sp³-hybridized carbons (Fsp3) is 0.158. The largest absolute Gasteiger partial charge is 0.496 e. The van der Waals surface area contributed by atoms with Crippen LogP contribution in [0.25, 0.3) is 0 Å². The summed E-state index contributed by atoms with van der Waals surface area (Å²) in [7, 11) is 2.99. The van der Waals surface area contributed by atoms with Crippen LogP contribution in [-0.4, -0.2) is 32.4 Å². The van der Waals surface area contributed by atoms with Gasteiger partial charge in [0.15, 0.2) is 0 Å². The number of hydrogen-bond donors (Lipinski definition) is 1. The molecule has 0 unspecified atom stereocenters. The third kappa shape index (κ3) is 3.15. The molecule has 0 aliphatic carbocycles. The van der Waals surface area contributed by atoms with Gasteiger partial charge in [0.05, 0.1) is 37.7 Å². The van der Waals surface area contributed by atoms with Gasteiger partial charge >= 0.3 is 5.97 Å². The highest BCUT2D eigenvalue weighted by atomic mass is 16.5. The van der Waals surface area contributed by atoms with E-state index in [9.17, 15) is 4.79 Å². The van der Waals surface area contributed by atoms with Gasteiger partial charge in [0, 0.05) is 17.3 Å². The lowest BCUT2D eigenvalue weighted by molar-refractivity contribution is -0.134. The van der Waals surface area contributed by atoms with Crippen molar-refractivity contribution in [3.05, 3.63) is 71.4 Å². The van der Waals surface area contributed by atoms with Crippen molar-refractivity contribution in [3.8, 4) is 5.75 Å². The number of benzene rings is 2. The summed E-state index contributed by atoms with van der Waals surface area (Å²) in [5.41, 5.74) is 4.19. The van der Waals surface area contributed by atoms with Crippen LogP contribution in [0.4, 0.5) is 5.69 Å². The number of aliphatic imine (C=N–C) groups is 1. The van der Waals surface area contributed by atoms with Crippen molar-refractivity contribution in [3.63, 3.8) is 0 Å². The summed E-state index contributed by atoms with van der Waals surface area (Å²) in [5, 5.41) is 3.26. The van der Waals surface area contributed by atoms with Crippen molar-refractivity contribution in [2.75, 3.05) is 26.1 Å². The van der Waals surface area contributed by atoms with E-state index in [0.717, 1.165) is 28.3 Å². The Morgan fingerprint density at radius 1 is 1.12 bits per heavy atom. The van der Waals surface area contributed by atoms with Gasteiger partial charge in [0.2, 0.25) is 0 Å². The third-order valence-corrected chi connectivity index (χ3v) is 3.73. The molecule has 0 radical (unpaired) electrons. The summed E-state index contributed by atoms with van der Waals surface area (Å²) in [6, 6.07) is 15.6. The minimum absolute atomic E-state index is 0.344. The molecular weight excluding hydrogens is 304 g/mol. The maximum atomic E-state index is 11.6. The molecule has 5 heteroatoms. The zero-order valence-corrected chi connectivity index (χ0v) is 13.6. The first-order valence-corrected chi connectivity index (χ1v) is 7.55. The minimum Gasteiger partial charge on any atom is -0.496 e. The van der Waals surface area contributed by atoms with Crippen LogP contribution in [0.15, 0.2) is 65.3 Å². The summed E-state index contributed by atoms with van der Waals surface area (Å²) >= 11 is 0. The molecule has 2 aromatic rings. The number of nitrogens with zero attached hydrogens (tertiary/aromatic N) is 1. The molecule has 0 spiro atoms. The first-order valence-electron chi connectivity index (χ1n) is 7.55. The summed E-state index contributed by atoms with van der Waals surface area (Å²) in [6.07, 6.45) is 1.42. The zero-order valence-electron chi connectivity index (χ0n) is 13.6. The number of fused-ring (bicyclic) bond motifs is 1. The first-order chi connectivity index (χ1) is 11.7. The average Bonchev–Trinajstić information content (AvgIpc) is 2.81. The first kappa shape index (κ1) is 15.8. The Bertz CT molecular complexity index is 811. The molecule has 1 heterocycles. The third-order valence-electron chi connectivity index (χ3n) is 3.73. The molecule has 0 atom stereocenters. The summed E-state index contributed by atoms with van der Waals surface area (Å²) in [5.74, 6) is 0.308. The van der Waals surface area contributed by atoms with E-state index in [1.54, 1.807) is 7.11 Å². The van der Waals surface area contributed by atoms with Crippen LogP contribution in [0, 0.1) is 0 Å². The number of methoxy groups -OCH3 is 2. The Kier molecular flexibility index (Phi) is 4.61. The highest BCUT2D eigenvalue weighted by Crippen LogP contribution is 2.32. The van der Waals surface area contributed by atoms with E-state index >= 15 is 0 Å². The molecular formula is C19H18N2O3. The second kappa shape index (κ2) is 7.00. The van der Waals surface area contributed by atoms with E-state index in [2.05, 4.69) is 5.32 Å². The second-order valence-corrected chi connectivity index (χ2v) is 5.23. The van der Waals surface area contributed by atoms with E-state index in [1.807, 2.05) is 48.5 Å². The topological polar surface area (TPSA) is 59.9 Å². The summed E-state index contributed by atoms with van der Waals surface area (Å²) < 4.78 is 10.2. The number of carbonyl (C=O) groups is 1. The number of rotatable bonds is 3. The average molecular weight is 322 g/mol. The maximum absolute atomic E-state index is 11.6. The number of nitrogens with one attached hydrogen (secondary N) is 1. The molecule has 1 aliphatic rings. The number of ether oxygens (including phenoxy) is 2. The molecule has 0 saturated carbocycles. The molecule has 5 nitrogen and oxygen atoms in total. The van der Waals surface area contributed by atoms with Gasteiger partial charge in [-0.1, -0.05) is 36.4 Å². The number of carbonyl (C=O) groups excluding carboxylic acids is 1. The Morgan fingerprint density at radius 3 is 2.62 bits per heavy atom. The molecule has 0 aromatic heterocycles. The van der Waals surface area contributed by atoms with E-state index in [0.29, 0.717) is 12.2 Å². The van der Waals surface area contributed by atoms with E-state index in [1.165, 1.54) is 13.2 Å². The lowest BCUT2D eigenvalue weighted by atomic mass is 9.99. The molecule has 1 N–H and O–H groups in total. The molecule has 0 saturated heterocycles. The minimum atomic E-state index is -0.416. The molecule has 0 fully saturated rings. The zero-order chi connectivity index (χ0) is 16.9. The van der Waals surface area contributed by atoms with Gasteiger partial charge in [0.1, 0.15) is 5.75 Å². The highest BCUT2D eigenvalue weighted by molar-refractivity contribution is 6.18. The number of anilines is 1. The normalized spacial score (nSPS) is 14.9. The van der Waals surface area contributed by atoms with Crippen molar-refractivity contribution < 1.29 is 14.3 Å². The Balaban J connectivity index is 2.16. The highest BCUT2D eigenvalue weighted by Gasteiger charge is 2.20. The standard InChI is InChI=1S/C19H18N2O3/c1-23-16-10-6-9-15-18(16)19(13-7-4-3-5-8-13)20-12-14(21-15)11-17(22)24-2/h3-11,21H,12H2,1-2H3/b14-11-. The van der Waals surface area contributed by atoms with Crippen molar-refractivity contribution >= 4 is 17.4 Å². The monoisotopic (exact) mass is 322 g/mol. The van der Waals surface area contributed by atoms with Crippen LogP contribution in [0.1, 0.15) is 11.1 Å². The van der Waals surface area contributed by atoms with Crippen LogP contribution in [0.2, 0.25) is 0 Å². The predicted molar refractivity (Wildman–Crippen MR) is 93.7 cm³/mol. The molecule has 2 aromatic carbocycles. The van der Waals surface area contributed by atoms with E-state index in [-0.39, 0.29) is 0 Å². The van der Waals surface area contributed by atoms with Crippen LogP contribution in [0.3, 0.4) is 0 Å². The molecule has 3 rings (SSSR count). The van der Waals surface area contributed by atoms with Gasteiger partial charge in [-0.25, -0.2) is 4.79 Å². The molecule has 122 valence electrons. The Labute approximate surface area is 140 Å². The summed E-state index contributed by atoms with van der Waals surface area (Å²) in [4.78, 5) is 16.3. The van der Waals surface area contributed by atoms with Crippen molar-refractivity contribution in [2.24, 2.45) is 4.99 Å². The van der Waals surface area contributed by atoms with Gasteiger partial charge in [-0.15, -0.1) is 0 Å². The van der Waals surface area contributed by atoms with E-state index < -0.39 is 5.97 Å². The van der Waals surface area contributed by atoms with Gasteiger partial charge in [-0.05, 0) is 12.1 Å². The lowest BCUT2D eigenvalue weighted by Gasteiger charge is -2.14. The van der Waals surface area contributed by atoms with Crippen LogP contribution in [-0.2, 0) is 9.53 Å². The van der Waals surface area contributed by atoms with Gasteiger partial charge in [-0.3, -0.25) is 4.99 Å². The molecule has 24 heavy (non-hydrogen) atoms. The van der Waals surface area contributed by atoms with Gasteiger partial charge in [-0.2, -0.15) is 0 Å². The van der Waals surface area contributed by atoms with Crippen molar-refractivity contribution in [1.29, 1.82) is 0 Å². The predicted octanol–water partition coefficient (Wildman–Crippen LogP) is 3.02. The van der Waals surface area contributed by atoms with Crippen LogP contribution in [0.5, 0.6) is 5.75 Å². The lowest BCUT2D eigenvalue weighted by Crippen LogP contribution is -2.08. The van der Waals surface area contributed by atoms with Gasteiger partial charge in [0.25, 0.3) is 0 Å². The maximum Gasteiger partial charge on any atom is 0.332 e.